The molecule has 0 aromatic rings. The molecule has 0 aromatic carbocycles. The van der Waals surface area contributed by atoms with Gasteiger partial charge < -0.3 is 15.3 Å². The predicted molar refractivity (Wildman–Crippen MR) is 74.1 cm³/mol. The highest BCUT2D eigenvalue weighted by Gasteiger charge is 2.31. The number of carbonyl (C=O) groups excluding carboxylic acids is 2. The molecule has 0 saturated carbocycles. The highest BCUT2D eigenvalue weighted by Crippen LogP contribution is 2.19. The van der Waals surface area contributed by atoms with Crippen molar-refractivity contribution in [2.45, 2.75) is 52.0 Å². The van der Waals surface area contributed by atoms with Crippen LogP contribution < -0.4 is 5.32 Å². The number of aliphatic carboxylic acids is 1. The second-order valence-corrected chi connectivity index (χ2v) is 5.62. The Kier molecular flexibility index (Phi) is 6.48. The zero-order valence-electron chi connectivity index (χ0n) is 12.2. The number of hydrogen-bond donors (Lipinski definition) is 2. The monoisotopic (exact) mass is 284 g/mol. The molecular formula is C14H24N2O4. The van der Waals surface area contributed by atoms with Gasteiger partial charge in [-0.3, -0.25) is 14.4 Å². The lowest BCUT2D eigenvalue weighted by atomic mass is 9.98. The number of carboxylic acid groups (broad SMARTS) is 1. The van der Waals surface area contributed by atoms with Crippen molar-refractivity contribution in [2.75, 3.05) is 13.1 Å². The summed E-state index contributed by atoms with van der Waals surface area (Å²) in [6.45, 7) is 4.73. The number of hydrogen-bond acceptors (Lipinski definition) is 3. The minimum atomic E-state index is -0.945. The van der Waals surface area contributed by atoms with Gasteiger partial charge in [0.15, 0.2) is 0 Å². The SMILES string of the molecule is CC(C)CC(C(=O)NCCC(=O)O)N1CCCCC1=O. The number of nitrogens with zero attached hydrogens (tertiary/aromatic N) is 1. The average Bonchev–Trinajstić information content (AvgIpc) is 2.36. The van der Waals surface area contributed by atoms with E-state index in [4.69, 9.17) is 5.11 Å². The molecule has 0 radical (unpaired) electrons. The van der Waals surface area contributed by atoms with E-state index in [-0.39, 0.29) is 24.8 Å². The van der Waals surface area contributed by atoms with Crippen molar-refractivity contribution in [2.24, 2.45) is 5.92 Å². The quantitative estimate of drug-likeness (QED) is 0.730. The zero-order chi connectivity index (χ0) is 15.1. The van der Waals surface area contributed by atoms with Gasteiger partial charge in [-0.2, -0.15) is 0 Å². The molecule has 0 aliphatic carbocycles. The molecule has 2 N–H and O–H groups in total. The average molecular weight is 284 g/mol. The van der Waals surface area contributed by atoms with Crippen LogP contribution in [0.1, 0.15) is 46.0 Å². The van der Waals surface area contributed by atoms with E-state index in [0.29, 0.717) is 25.3 Å². The Morgan fingerprint density at radius 1 is 1.35 bits per heavy atom. The van der Waals surface area contributed by atoms with Crippen LogP contribution in [0.4, 0.5) is 0 Å². The molecule has 1 atom stereocenters. The van der Waals surface area contributed by atoms with Crippen molar-refractivity contribution in [3.05, 3.63) is 0 Å². The molecule has 1 unspecified atom stereocenters. The van der Waals surface area contributed by atoms with Crippen molar-refractivity contribution >= 4 is 17.8 Å². The Bertz CT molecular complexity index is 368. The van der Waals surface area contributed by atoms with Crippen LogP contribution in [0.3, 0.4) is 0 Å². The van der Waals surface area contributed by atoms with Gasteiger partial charge in [-0.25, -0.2) is 0 Å². The summed E-state index contributed by atoms with van der Waals surface area (Å²) >= 11 is 0. The van der Waals surface area contributed by atoms with Gasteiger partial charge in [0.25, 0.3) is 0 Å². The molecular weight excluding hydrogens is 260 g/mol. The lowest BCUT2D eigenvalue weighted by molar-refractivity contribution is -0.143. The lowest BCUT2D eigenvalue weighted by Crippen LogP contribution is -2.52. The van der Waals surface area contributed by atoms with Crippen molar-refractivity contribution < 1.29 is 19.5 Å². The molecule has 0 aromatic heterocycles. The van der Waals surface area contributed by atoms with Gasteiger partial charge in [-0.15, -0.1) is 0 Å². The first kappa shape index (κ1) is 16.5. The highest BCUT2D eigenvalue weighted by atomic mass is 16.4. The molecule has 114 valence electrons. The number of nitrogens with one attached hydrogen (secondary N) is 1. The Labute approximate surface area is 119 Å². The third-order valence-electron chi connectivity index (χ3n) is 3.37. The number of amides is 2. The van der Waals surface area contributed by atoms with Crippen molar-refractivity contribution in [1.29, 1.82) is 0 Å². The molecule has 1 fully saturated rings. The molecule has 6 heteroatoms. The third-order valence-corrected chi connectivity index (χ3v) is 3.37. The van der Waals surface area contributed by atoms with Gasteiger partial charge in [0.2, 0.25) is 11.8 Å². The summed E-state index contributed by atoms with van der Waals surface area (Å²) in [7, 11) is 0. The van der Waals surface area contributed by atoms with Crippen LogP contribution in [-0.2, 0) is 14.4 Å². The van der Waals surface area contributed by atoms with E-state index >= 15 is 0 Å². The minimum Gasteiger partial charge on any atom is -0.481 e. The second kappa shape index (κ2) is 7.87. The molecule has 0 spiro atoms. The highest BCUT2D eigenvalue weighted by molar-refractivity contribution is 5.88. The molecule has 0 bridgehead atoms. The van der Waals surface area contributed by atoms with Gasteiger partial charge >= 0.3 is 5.97 Å². The summed E-state index contributed by atoms with van der Waals surface area (Å²) in [5, 5.41) is 11.2. The molecule has 2 amide bonds. The lowest BCUT2D eigenvalue weighted by Gasteiger charge is -2.34. The van der Waals surface area contributed by atoms with Crippen molar-refractivity contribution in [1.82, 2.24) is 10.2 Å². The predicted octanol–water partition coefficient (Wildman–Crippen LogP) is 1.00. The third kappa shape index (κ3) is 5.19. The van der Waals surface area contributed by atoms with Crippen LogP contribution in [0.5, 0.6) is 0 Å². The molecule has 6 nitrogen and oxygen atoms in total. The van der Waals surface area contributed by atoms with E-state index in [9.17, 15) is 14.4 Å². The molecule has 20 heavy (non-hydrogen) atoms. The maximum Gasteiger partial charge on any atom is 0.305 e. The van der Waals surface area contributed by atoms with Gasteiger partial charge in [0.05, 0.1) is 6.42 Å². The number of likely N-dealkylation sites (tertiary alicyclic amines) is 1. The normalized spacial score (nSPS) is 17.1. The summed E-state index contributed by atoms with van der Waals surface area (Å²) in [6.07, 6.45) is 2.79. The van der Waals surface area contributed by atoms with Crippen LogP contribution in [-0.4, -0.2) is 46.9 Å². The minimum absolute atomic E-state index is 0.0234. The van der Waals surface area contributed by atoms with E-state index in [2.05, 4.69) is 5.32 Å². The topological polar surface area (TPSA) is 86.7 Å². The van der Waals surface area contributed by atoms with Crippen LogP contribution in [0.15, 0.2) is 0 Å². The Morgan fingerprint density at radius 3 is 2.60 bits per heavy atom. The first-order chi connectivity index (χ1) is 9.41. The summed E-state index contributed by atoms with van der Waals surface area (Å²) < 4.78 is 0. The fourth-order valence-electron chi connectivity index (χ4n) is 2.39. The fourth-order valence-corrected chi connectivity index (χ4v) is 2.39. The van der Waals surface area contributed by atoms with Gasteiger partial charge in [0, 0.05) is 19.5 Å². The van der Waals surface area contributed by atoms with E-state index in [1.165, 1.54) is 0 Å². The largest absolute Gasteiger partial charge is 0.481 e. The smallest absolute Gasteiger partial charge is 0.305 e. The zero-order valence-corrected chi connectivity index (χ0v) is 12.2. The fraction of sp³-hybridized carbons (Fsp3) is 0.786. The number of carboxylic acids is 1. The standard InChI is InChI=1S/C14H24N2O4/c1-10(2)9-11(14(20)15-7-6-13(18)19)16-8-4-3-5-12(16)17/h10-11H,3-9H2,1-2H3,(H,15,20)(H,18,19). The summed E-state index contributed by atoms with van der Waals surface area (Å²) in [4.78, 5) is 36.3. The number of rotatable bonds is 7. The summed E-state index contributed by atoms with van der Waals surface area (Å²) in [5.41, 5.74) is 0. The molecule has 1 saturated heterocycles. The van der Waals surface area contributed by atoms with E-state index < -0.39 is 12.0 Å². The Morgan fingerprint density at radius 2 is 2.05 bits per heavy atom. The maximum absolute atomic E-state index is 12.2. The van der Waals surface area contributed by atoms with Gasteiger partial charge in [-0.1, -0.05) is 13.8 Å². The van der Waals surface area contributed by atoms with E-state index in [0.717, 1.165) is 12.8 Å². The molecule has 1 aliphatic heterocycles. The number of piperidine rings is 1. The second-order valence-electron chi connectivity index (χ2n) is 5.62. The van der Waals surface area contributed by atoms with Crippen molar-refractivity contribution in [3.8, 4) is 0 Å². The summed E-state index contributed by atoms with van der Waals surface area (Å²) in [5.74, 6) is -0.870. The first-order valence-corrected chi connectivity index (χ1v) is 7.20. The number of carbonyl (C=O) groups is 3. The van der Waals surface area contributed by atoms with Crippen LogP contribution in [0, 0.1) is 5.92 Å². The molecule has 1 aliphatic rings. The maximum atomic E-state index is 12.2. The first-order valence-electron chi connectivity index (χ1n) is 7.20. The van der Waals surface area contributed by atoms with Gasteiger partial charge in [0.1, 0.15) is 6.04 Å². The van der Waals surface area contributed by atoms with Gasteiger partial charge in [-0.05, 0) is 25.2 Å². The van der Waals surface area contributed by atoms with Crippen LogP contribution in [0.2, 0.25) is 0 Å². The summed E-state index contributed by atoms with van der Waals surface area (Å²) in [6, 6.07) is -0.475. The van der Waals surface area contributed by atoms with E-state index in [1.54, 1.807) is 4.90 Å². The molecule has 1 heterocycles. The van der Waals surface area contributed by atoms with Crippen molar-refractivity contribution in [3.63, 3.8) is 0 Å². The van der Waals surface area contributed by atoms with E-state index in [1.807, 2.05) is 13.8 Å². The van der Waals surface area contributed by atoms with Crippen LogP contribution >= 0.6 is 0 Å². The molecule has 1 rings (SSSR count). The van der Waals surface area contributed by atoms with Crippen LogP contribution in [0.25, 0.3) is 0 Å². The Balaban J connectivity index is 2.64. The Hall–Kier alpha value is -1.59.